The van der Waals surface area contributed by atoms with Crippen LogP contribution in [0.1, 0.15) is 52.6 Å². The Morgan fingerprint density at radius 3 is 2.18 bits per heavy atom. The van der Waals surface area contributed by atoms with Crippen LogP contribution in [0.4, 0.5) is 5.95 Å². The maximum Gasteiger partial charge on any atom is 0.257 e. The maximum absolute atomic E-state index is 13.6. The van der Waals surface area contributed by atoms with Gasteiger partial charge in [0.1, 0.15) is 0 Å². The number of piperidine rings is 1. The quantitative estimate of drug-likeness (QED) is 0.505. The minimum absolute atomic E-state index is 0.0275. The Labute approximate surface area is 232 Å². The van der Waals surface area contributed by atoms with Gasteiger partial charge in [0.15, 0.2) is 0 Å². The van der Waals surface area contributed by atoms with E-state index in [1.165, 1.54) is 11.8 Å². The third kappa shape index (κ3) is 6.59. The van der Waals surface area contributed by atoms with E-state index in [-0.39, 0.29) is 18.0 Å². The van der Waals surface area contributed by atoms with Gasteiger partial charge in [0.25, 0.3) is 5.91 Å². The van der Waals surface area contributed by atoms with Crippen molar-refractivity contribution in [3.8, 4) is 0 Å². The molecule has 0 spiro atoms. The van der Waals surface area contributed by atoms with Crippen molar-refractivity contribution in [1.82, 2.24) is 24.5 Å². The summed E-state index contributed by atoms with van der Waals surface area (Å²) >= 11 is 0. The van der Waals surface area contributed by atoms with Gasteiger partial charge in [-0.3, -0.25) is 4.79 Å². The second kappa shape index (κ2) is 11.5. The molecular weight excluding hydrogens is 514 g/mol. The molecule has 3 aliphatic heterocycles. The molecule has 0 saturated carbocycles. The average Bonchev–Trinajstić information content (AvgIpc) is 3.46. The molecule has 2 aromatic rings. The van der Waals surface area contributed by atoms with Crippen molar-refractivity contribution in [2.75, 3.05) is 57.0 Å². The van der Waals surface area contributed by atoms with Gasteiger partial charge in [0.05, 0.1) is 23.2 Å². The summed E-state index contributed by atoms with van der Waals surface area (Å²) in [4.78, 5) is 29.6. The molecule has 5 rings (SSSR count). The number of hydrogen-bond donors (Lipinski definition) is 2. The molecule has 3 atom stereocenters. The number of rotatable bonds is 8. The van der Waals surface area contributed by atoms with Crippen LogP contribution in [0.2, 0.25) is 0 Å². The summed E-state index contributed by atoms with van der Waals surface area (Å²) < 4.78 is 25.8. The zero-order valence-electron chi connectivity index (χ0n) is 23.2. The molecule has 1 amide bonds. The Bertz CT molecular complexity index is 1240. The second-order valence-corrected chi connectivity index (χ2v) is 13.3. The van der Waals surface area contributed by atoms with Gasteiger partial charge in [-0.05, 0) is 57.1 Å². The highest BCUT2D eigenvalue weighted by molar-refractivity contribution is 7.88. The molecule has 39 heavy (non-hydrogen) atoms. The van der Waals surface area contributed by atoms with Crippen LogP contribution < -0.4 is 15.4 Å². The van der Waals surface area contributed by atoms with Gasteiger partial charge >= 0.3 is 0 Å². The number of carbonyl (C=O) groups excluding carboxylic acids is 1. The van der Waals surface area contributed by atoms with Gasteiger partial charge in [-0.25, -0.2) is 23.1 Å². The highest BCUT2D eigenvalue weighted by Gasteiger charge is 2.42. The number of amides is 1. The van der Waals surface area contributed by atoms with Crippen molar-refractivity contribution in [2.45, 2.75) is 45.2 Å². The Hall–Kier alpha value is -2.60. The number of anilines is 1. The fourth-order valence-corrected chi connectivity index (χ4v) is 7.28. The molecule has 212 valence electrons. The van der Waals surface area contributed by atoms with Gasteiger partial charge in [-0.1, -0.05) is 30.3 Å². The molecule has 3 aliphatic rings. The summed E-state index contributed by atoms with van der Waals surface area (Å²) in [6, 6.07) is 10.3. The molecule has 3 fully saturated rings. The molecule has 11 heteroatoms. The van der Waals surface area contributed by atoms with Crippen LogP contribution in [0.3, 0.4) is 0 Å². The Morgan fingerprint density at radius 1 is 1.03 bits per heavy atom. The average molecular weight is 556 g/mol. The van der Waals surface area contributed by atoms with Crippen LogP contribution in [0.15, 0.2) is 30.3 Å². The number of fused-ring (bicyclic) bond motifs is 1. The fourth-order valence-electron chi connectivity index (χ4n) is 6.43. The predicted octanol–water partition coefficient (Wildman–Crippen LogP) is 1.71. The van der Waals surface area contributed by atoms with E-state index in [2.05, 4.69) is 26.7 Å². The predicted molar refractivity (Wildman–Crippen MR) is 152 cm³/mol. The minimum atomic E-state index is -3.22. The smallest absolute Gasteiger partial charge is 0.257 e. The van der Waals surface area contributed by atoms with E-state index >= 15 is 0 Å². The van der Waals surface area contributed by atoms with E-state index in [0.29, 0.717) is 60.7 Å². The largest absolute Gasteiger partial charge is 0.341 e. The third-order valence-corrected chi connectivity index (χ3v) is 9.23. The van der Waals surface area contributed by atoms with Crippen molar-refractivity contribution in [3.63, 3.8) is 0 Å². The van der Waals surface area contributed by atoms with Crippen molar-refractivity contribution < 1.29 is 13.2 Å². The molecule has 3 N–H and O–H groups in total. The van der Waals surface area contributed by atoms with Crippen molar-refractivity contribution in [3.05, 3.63) is 52.8 Å². The lowest BCUT2D eigenvalue weighted by atomic mass is 10.0. The molecule has 10 nitrogen and oxygen atoms in total. The molecular formula is C28H41N7O3S. The van der Waals surface area contributed by atoms with Crippen molar-refractivity contribution in [1.29, 1.82) is 0 Å². The summed E-state index contributed by atoms with van der Waals surface area (Å²) in [7, 11) is -3.22. The molecule has 0 aliphatic carbocycles. The summed E-state index contributed by atoms with van der Waals surface area (Å²) in [5, 5.41) is 0. The topological polar surface area (TPSA) is 125 Å². The number of benzene rings is 1. The first-order chi connectivity index (χ1) is 18.6. The second-order valence-electron chi connectivity index (χ2n) is 11.5. The molecule has 2 unspecified atom stereocenters. The summed E-state index contributed by atoms with van der Waals surface area (Å²) in [6.07, 6.45) is 3.51. The minimum Gasteiger partial charge on any atom is -0.341 e. The Balaban J connectivity index is 1.14. The number of sulfonamides is 1. The SMILES string of the molecule is Cc1nc(N2CCC(NS(C)(=O)=O)CC2)nc(C)c1C(=O)N1CC2CN(CC[C@H](N)c3ccccc3)CC2C1. The van der Waals surface area contributed by atoms with Gasteiger partial charge in [-0.2, -0.15) is 0 Å². The summed E-state index contributed by atoms with van der Waals surface area (Å²) in [6.45, 7) is 9.64. The van der Waals surface area contributed by atoms with Gasteiger partial charge in [0, 0.05) is 51.4 Å². The highest BCUT2D eigenvalue weighted by Crippen LogP contribution is 2.33. The first kappa shape index (κ1) is 27.9. The van der Waals surface area contributed by atoms with Crippen LogP contribution in [-0.2, 0) is 10.0 Å². The van der Waals surface area contributed by atoms with Crippen LogP contribution >= 0.6 is 0 Å². The number of likely N-dealkylation sites (tertiary alicyclic amines) is 2. The highest BCUT2D eigenvalue weighted by atomic mass is 32.2. The van der Waals surface area contributed by atoms with Crippen LogP contribution in [0.5, 0.6) is 0 Å². The first-order valence-corrected chi connectivity index (χ1v) is 15.9. The number of hydrogen-bond acceptors (Lipinski definition) is 8. The number of carbonyl (C=O) groups is 1. The zero-order chi connectivity index (χ0) is 27.7. The zero-order valence-corrected chi connectivity index (χ0v) is 24.0. The third-order valence-electron chi connectivity index (χ3n) is 8.46. The fraction of sp³-hybridized carbons (Fsp3) is 0.607. The normalized spacial score (nSPS) is 23.3. The van der Waals surface area contributed by atoms with Gasteiger partial charge in [0.2, 0.25) is 16.0 Å². The lowest BCUT2D eigenvalue weighted by Gasteiger charge is -2.32. The first-order valence-electron chi connectivity index (χ1n) is 14.0. The van der Waals surface area contributed by atoms with Crippen LogP contribution in [0.25, 0.3) is 0 Å². The number of nitrogens with one attached hydrogen (secondary N) is 1. The van der Waals surface area contributed by atoms with Gasteiger partial charge in [-0.15, -0.1) is 0 Å². The number of aryl methyl sites for hydroxylation is 2. The van der Waals surface area contributed by atoms with Crippen LogP contribution in [0, 0.1) is 25.7 Å². The maximum atomic E-state index is 13.6. The molecule has 1 aromatic heterocycles. The van der Waals surface area contributed by atoms with Crippen molar-refractivity contribution >= 4 is 21.9 Å². The monoisotopic (exact) mass is 555 g/mol. The van der Waals surface area contributed by atoms with E-state index in [1.54, 1.807) is 0 Å². The number of nitrogens with two attached hydrogens (primary N) is 1. The summed E-state index contributed by atoms with van der Waals surface area (Å²) in [5.74, 6) is 1.62. The molecule has 1 aromatic carbocycles. The van der Waals surface area contributed by atoms with E-state index in [4.69, 9.17) is 15.7 Å². The Morgan fingerprint density at radius 2 is 1.62 bits per heavy atom. The lowest BCUT2D eigenvalue weighted by Crippen LogP contribution is -2.45. The van der Waals surface area contributed by atoms with E-state index in [1.807, 2.05) is 36.9 Å². The van der Waals surface area contributed by atoms with Crippen LogP contribution in [-0.4, -0.2) is 92.2 Å². The van der Waals surface area contributed by atoms with Crippen molar-refractivity contribution in [2.24, 2.45) is 17.6 Å². The number of aromatic nitrogens is 2. The van der Waals surface area contributed by atoms with Gasteiger partial charge < -0.3 is 20.4 Å². The van der Waals surface area contributed by atoms with E-state index in [9.17, 15) is 13.2 Å². The number of nitrogens with zero attached hydrogens (tertiary/aromatic N) is 5. The van der Waals surface area contributed by atoms with E-state index in [0.717, 1.165) is 39.1 Å². The molecule has 3 saturated heterocycles. The Kier molecular flexibility index (Phi) is 8.23. The standard InChI is InChI=1S/C28H41N7O3S/c1-19-26(20(2)31-28(30-19)34-13-9-24(10-14-34)32-39(3,37)38)27(36)35-17-22-15-33(16-23(22)18-35)12-11-25(29)21-7-5-4-6-8-21/h4-8,22-25,32H,9-18,29H2,1-3H3/t22?,23?,25-/m0/s1. The molecule has 0 bridgehead atoms. The molecule has 0 radical (unpaired) electrons. The summed E-state index contributed by atoms with van der Waals surface area (Å²) in [5.41, 5.74) is 9.60. The molecule has 4 heterocycles. The lowest BCUT2D eigenvalue weighted by molar-refractivity contribution is 0.0771. The van der Waals surface area contributed by atoms with E-state index < -0.39 is 10.0 Å².